The second kappa shape index (κ2) is 4.29. The van der Waals surface area contributed by atoms with Crippen LogP contribution in [0.3, 0.4) is 0 Å². The fraction of sp³-hybridized carbons (Fsp3) is 0.778. The number of ketones is 2. The second-order valence-corrected chi connectivity index (χ2v) is 7.68. The average Bonchev–Trinajstić information content (AvgIpc) is 2.74. The van der Waals surface area contributed by atoms with E-state index in [1.807, 2.05) is 0 Å². The van der Waals surface area contributed by atoms with Gasteiger partial charge in [-0.2, -0.15) is 0 Å². The SMILES string of the molecule is C[C@@]12CC[C@H]3C4=C(CC[C@@H]3[C@H]1CCC2=O)CC(=O)CC4. The Kier molecular flexibility index (Phi) is 2.74. The monoisotopic (exact) mass is 272 g/mol. The van der Waals surface area contributed by atoms with Crippen LogP contribution < -0.4 is 0 Å². The van der Waals surface area contributed by atoms with E-state index in [0.717, 1.165) is 50.9 Å². The molecule has 2 fully saturated rings. The quantitative estimate of drug-likeness (QED) is 0.628. The summed E-state index contributed by atoms with van der Waals surface area (Å²) < 4.78 is 0. The van der Waals surface area contributed by atoms with E-state index in [1.54, 1.807) is 5.57 Å². The molecule has 0 amide bonds. The van der Waals surface area contributed by atoms with E-state index in [-0.39, 0.29) is 5.41 Å². The molecule has 0 aliphatic heterocycles. The first-order chi connectivity index (χ1) is 9.59. The van der Waals surface area contributed by atoms with Crippen molar-refractivity contribution in [3.05, 3.63) is 11.1 Å². The Morgan fingerprint density at radius 2 is 1.85 bits per heavy atom. The number of allylic oxidation sites excluding steroid dienone is 2. The zero-order valence-electron chi connectivity index (χ0n) is 12.4. The zero-order chi connectivity index (χ0) is 13.9. The predicted molar refractivity (Wildman–Crippen MR) is 77.2 cm³/mol. The van der Waals surface area contributed by atoms with Gasteiger partial charge in [0.1, 0.15) is 11.6 Å². The number of fused-ring (bicyclic) bond motifs is 4. The van der Waals surface area contributed by atoms with Crippen LogP contribution in [0.15, 0.2) is 11.1 Å². The zero-order valence-corrected chi connectivity index (χ0v) is 12.4. The summed E-state index contributed by atoms with van der Waals surface area (Å²) in [6, 6.07) is 0. The highest BCUT2D eigenvalue weighted by molar-refractivity contribution is 5.87. The van der Waals surface area contributed by atoms with Gasteiger partial charge in [0.25, 0.3) is 0 Å². The van der Waals surface area contributed by atoms with Crippen LogP contribution in [-0.4, -0.2) is 11.6 Å². The molecule has 108 valence electrons. The van der Waals surface area contributed by atoms with Crippen molar-refractivity contribution >= 4 is 11.6 Å². The molecule has 20 heavy (non-hydrogen) atoms. The molecule has 4 rings (SSSR count). The smallest absolute Gasteiger partial charge is 0.139 e. The molecule has 0 aromatic rings. The predicted octanol–water partition coefficient (Wildman–Crippen LogP) is 3.84. The van der Waals surface area contributed by atoms with E-state index in [1.165, 1.54) is 18.4 Å². The van der Waals surface area contributed by atoms with Gasteiger partial charge < -0.3 is 0 Å². The van der Waals surface area contributed by atoms with Crippen LogP contribution in [0.2, 0.25) is 0 Å². The largest absolute Gasteiger partial charge is 0.299 e. The van der Waals surface area contributed by atoms with Gasteiger partial charge in [0.2, 0.25) is 0 Å². The molecule has 0 heterocycles. The molecule has 0 saturated heterocycles. The summed E-state index contributed by atoms with van der Waals surface area (Å²) in [6.45, 7) is 2.23. The normalized spacial score (nSPS) is 44.1. The number of rotatable bonds is 0. The molecule has 0 aromatic heterocycles. The van der Waals surface area contributed by atoms with Crippen molar-refractivity contribution in [3.63, 3.8) is 0 Å². The molecule has 4 aliphatic carbocycles. The minimum atomic E-state index is -0.0102. The molecule has 0 aromatic carbocycles. The lowest BCUT2D eigenvalue weighted by Gasteiger charge is -2.49. The van der Waals surface area contributed by atoms with Crippen molar-refractivity contribution in [2.75, 3.05) is 0 Å². The summed E-state index contributed by atoms with van der Waals surface area (Å²) >= 11 is 0. The van der Waals surface area contributed by atoms with Gasteiger partial charge in [0.15, 0.2) is 0 Å². The number of carbonyl (C=O) groups excluding carboxylic acids is 2. The number of hydrogen-bond donors (Lipinski definition) is 0. The third kappa shape index (κ3) is 1.63. The first-order valence-electron chi connectivity index (χ1n) is 8.35. The van der Waals surface area contributed by atoms with E-state index in [4.69, 9.17) is 0 Å². The van der Waals surface area contributed by atoms with Gasteiger partial charge in [0.05, 0.1) is 0 Å². The molecule has 4 aliphatic rings. The number of hydrogen-bond acceptors (Lipinski definition) is 2. The Bertz CT molecular complexity index is 516. The van der Waals surface area contributed by atoms with Crippen molar-refractivity contribution in [2.24, 2.45) is 23.2 Å². The van der Waals surface area contributed by atoms with Gasteiger partial charge in [-0.3, -0.25) is 9.59 Å². The lowest BCUT2D eigenvalue weighted by molar-refractivity contribution is -0.129. The fourth-order valence-electron chi connectivity index (χ4n) is 5.82. The van der Waals surface area contributed by atoms with Crippen LogP contribution in [0.4, 0.5) is 0 Å². The molecule has 4 atom stereocenters. The molecule has 0 bridgehead atoms. The molecule has 2 nitrogen and oxygen atoms in total. The topological polar surface area (TPSA) is 34.1 Å². The highest BCUT2D eigenvalue weighted by atomic mass is 16.1. The minimum Gasteiger partial charge on any atom is -0.299 e. The molecule has 0 spiro atoms. The Balaban J connectivity index is 1.67. The van der Waals surface area contributed by atoms with Crippen LogP contribution in [-0.2, 0) is 9.59 Å². The highest BCUT2D eigenvalue weighted by Crippen LogP contribution is 2.59. The van der Waals surface area contributed by atoms with Gasteiger partial charge in [-0.1, -0.05) is 18.1 Å². The maximum Gasteiger partial charge on any atom is 0.139 e. The lowest BCUT2D eigenvalue weighted by atomic mass is 9.54. The van der Waals surface area contributed by atoms with Crippen LogP contribution in [0.25, 0.3) is 0 Å². The summed E-state index contributed by atoms with van der Waals surface area (Å²) in [5.41, 5.74) is 3.11. The van der Waals surface area contributed by atoms with Crippen LogP contribution in [0.5, 0.6) is 0 Å². The summed E-state index contributed by atoms with van der Waals surface area (Å²) in [5, 5.41) is 0. The van der Waals surface area contributed by atoms with Gasteiger partial charge in [-0.25, -0.2) is 0 Å². The first-order valence-corrected chi connectivity index (χ1v) is 8.35. The lowest BCUT2D eigenvalue weighted by Crippen LogP contribution is -2.44. The van der Waals surface area contributed by atoms with E-state index >= 15 is 0 Å². The maximum atomic E-state index is 12.3. The molecule has 0 N–H and O–H groups in total. The summed E-state index contributed by atoms with van der Waals surface area (Å²) in [5.74, 6) is 3.03. The summed E-state index contributed by atoms with van der Waals surface area (Å²) in [7, 11) is 0. The molecule has 2 saturated carbocycles. The Morgan fingerprint density at radius 1 is 1.00 bits per heavy atom. The van der Waals surface area contributed by atoms with Gasteiger partial charge in [-0.15, -0.1) is 0 Å². The molecule has 0 radical (unpaired) electrons. The maximum absolute atomic E-state index is 12.3. The Labute approximate surface area is 121 Å². The first kappa shape index (κ1) is 12.8. The van der Waals surface area contributed by atoms with Gasteiger partial charge in [0, 0.05) is 24.7 Å². The van der Waals surface area contributed by atoms with Crippen molar-refractivity contribution in [1.29, 1.82) is 0 Å². The van der Waals surface area contributed by atoms with E-state index in [2.05, 4.69) is 6.92 Å². The Hall–Kier alpha value is -0.920. The van der Waals surface area contributed by atoms with Gasteiger partial charge in [-0.05, 0) is 56.3 Å². The van der Waals surface area contributed by atoms with E-state index in [0.29, 0.717) is 23.4 Å². The summed E-state index contributed by atoms with van der Waals surface area (Å²) in [6.07, 6.45) is 9.09. The number of carbonyl (C=O) groups is 2. The Morgan fingerprint density at radius 3 is 2.70 bits per heavy atom. The third-order valence-electron chi connectivity index (χ3n) is 6.91. The molecule has 2 heteroatoms. The average molecular weight is 272 g/mol. The van der Waals surface area contributed by atoms with Crippen molar-refractivity contribution < 1.29 is 9.59 Å². The van der Waals surface area contributed by atoms with E-state index in [9.17, 15) is 9.59 Å². The van der Waals surface area contributed by atoms with E-state index < -0.39 is 0 Å². The van der Waals surface area contributed by atoms with Crippen molar-refractivity contribution in [3.8, 4) is 0 Å². The standard InChI is InChI=1S/C18H24O2/c1-18-9-8-14-13-5-3-12(19)10-11(13)2-4-15(14)16(18)6-7-17(18)20/h14-16H,2-10H2,1H3/t14-,15-,16+,18+/m0/s1. The third-order valence-corrected chi connectivity index (χ3v) is 6.91. The van der Waals surface area contributed by atoms with Crippen LogP contribution in [0.1, 0.15) is 64.7 Å². The van der Waals surface area contributed by atoms with Crippen molar-refractivity contribution in [2.45, 2.75) is 64.7 Å². The fourth-order valence-corrected chi connectivity index (χ4v) is 5.82. The minimum absolute atomic E-state index is 0.0102. The van der Waals surface area contributed by atoms with Crippen molar-refractivity contribution in [1.82, 2.24) is 0 Å². The molecular formula is C18H24O2. The molecular weight excluding hydrogens is 248 g/mol. The summed E-state index contributed by atoms with van der Waals surface area (Å²) in [4.78, 5) is 23.9. The van der Waals surface area contributed by atoms with Crippen LogP contribution in [0, 0.1) is 23.2 Å². The van der Waals surface area contributed by atoms with Gasteiger partial charge >= 0.3 is 0 Å². The number of Topliss-reactive ketones (excluding diaryl/α,β-unsaturated/α-hetero) is 2. The van der Waals surface area contributed by atoms with Crippen LogP contribution >= 0.6 is 0 Å². The second-order valence-electron chi connectivity index (χ2n) is 7.68. The molecule has 0 unspecified atom stereocenters. The highest BCUT2D eigenvalue weighted by Gasteiger charge is 2.54.